The molecule has 162 valence electrons. The number of rotatable bonds is 8. The maximum atomic E-state index is 12.3. The molecule has 0 aliphatic carbocycles. The molecule has 0 saturated carbocycles. The number of aliphatic carboxylic acids is 1. The Morgan fingerprint density at radius 1 is 1.20 bits per heavy atom. The lowest BCUT2D eigenvalue weighted by molar-refractivity contribution is -0.146. The smallest absolute Gasteiger partial charge is 0.310 e. The summed E-state index contributed by atoms with van der Waals surface area (Å²) in [6.07, 6.45) is 5.04. The van der Waals surface area contributed by atoms with Crippen molar-refractivity contribution < 1.29 is 24.5 Å². The van der Waals surface area contributed by atoms with Crippen molar-refractivity contribution in [3.05, 3.63) is 30.4 Å². The van der Waals surface area contributed by atoms with Crippen LogP contribution in [0.1, 0.15) is 24.3 Å². The monoisotopic (exact) mass is 417 g/mol. The lowest BCUT2D eigenvalue weighted by Gasteiger charge is -2.26. The van der Waals surface area contributed by atoms with Gasteiger partial charge < -0.3 is 20.3 Å². The number of hydrogen-bond donors (Lipinski definition) is 3. The lowest BCUT2D eigenvalue weighted by atomic mass is 9.94. The average molecular weight is 417 g/mol. The highest BCUT2D eigenvalue weighted by Gasteiger charge is 2.28. The summed E-state index contributed by atoms with van der Waals surface area (Å²) >= 11 is 0. The van der Waals surface area contributed by atoms with Crippen LogP contribution < -0.4 is 5.32 Å². The largest absolute Gasteiger partial charge is 0.505 e. The van der Waals surface area contributed by atoms with E-state index in [1.54, 1.807) is 6.20 Å². The van der Waals surface area contributed by atoms with E-state index < -0.39 is 17.3 Å². The zero-order valence-electron chi connectivity index (χ0n) is 17.2. The first-order valence-corrected chi connectivity index (χ1v) is 9.80. The fourth-order valence-corrected chi connectivity index (χ4v) is 2.95. The average Bonchev–Trinajstić information content (AvgIpc) is 3.20. The number of morpholine rings is 1. The van der Waals surface area contributed by atoms with Crippen LogP contribution in [0.5, 0.6) is 5.75 Å². The highest BCUT2D eigenvalue weighted by atomic mass is 16.5. The second-order valence-electron chi connectivity index (χ2n) is 7.91. The molecule has 2 aromatic heterocycles. The van der Waals surface area contributed by atoms with Gasteiger partial charge in [0.2, 0.25) is 0 Å². The number of nitrogens with one attached hydrogen (secondary N) is 1. The quantitative estimate of drug-likeness (QED) is 0.576. The minimum absolute atomic E-state index is 0.0834. The predicted octanol–water partition coefficient (Wildman–Crippen LogP) is 0.824. The molecule has 3 heterocycles. The first-order valence-electron chi connectivity index (χ1n) is 9.80. The molecule has 2 aromatic rings. The van der Waals surface area contributed by atoms with Crippen LogP contribution in [-0.4, -0.2) is 81.1 Å². The number of pyridine rings is 1. The third-order valence-electron chi connectivity index (χ3n) is 5.07. The summed E-state index contributed by atoms with van der Waals surface area (Å²) in [7, 11) is 0. The Morgan fingerprint density at radius 3 is 2.60 bits per heavy atom. The molecule has 1 aliphatic heterocycles. The molecule has 3 rings (SSSR count). The van der Waals surface area contributed by atoms with Crippen molar-refractivity contribution >= 4 is 11.9 Å². The van der Waals surface area contributed by atoms with Crippen molar-refractivity contribution in [3.63, 3.8) is 0 Å². The topological polar surface area (TPSA) is 130 Å². The molecule has 0 aromatic carbocycles. The van der Waals surface area contributed by atoms with Gasteiger partial charge in [-0.2, -0.15) is 5.10 Å². The SMILES string of the molecule is CC(C)(CNC(=O)c1ncc(-c2cnn(CCN3CCOCC3)c2)cc1O)C(=O)O. The van der Waals surface area contributed by atoms with E-state index in [0.29, 0.717) is 5.56 Å². The van der Waals surface area contributed by atoms with E-state index >= 15 is 0 Å². The molecule has 0 unspecified atom stereocenters. The first kappa shape index (κ1) is 21.7. The molecular formula is C20H27N5O5. The Bertz CT molecular complexity index is 905. The molecular weight excluding hydrogens is 390 g/mol. The number of carboxylic acids is 1. The van der Waals surface area contributed by atoms with E-state index in [2.05, 4.69) is 20.3 Å². The summed E-state index contributed by atoms with van der Waals surface area (Å²) in [5.41, 5.74) is 0.132. The van der Waals surface area contributed by atoms with Gasteiger partial charge in [-0.25, -0.2) is 4.98 Å². The number of carbonyl (C=O) groups is 2. The standard InChI is InChI=1S/C20H27N5O5/c1-20(2,19(28)29)13-22-18(27)17-16(26)9-14(10-21-17)15-11-23-25(12-15)4-3-24-5-7-30-8-6-24/h9-12,26H,3-8,13H2,1-2H3,(H,22,27)(H,28,29). The van der Waals surface area contributed by atoms with E-state index in [1.165, 1.54) is 26.1 Å². The molecule has 3 N–H and O–H groups in total. The summed E-state index contributed by atoms with van der Waals surface area (Å²) < 4.78 is 7.17. The highest BCUT2D eigenvalue weighted by molar-refractivity contribution is 5.95. The van der Waals surface area contributed by atoms with Gasteiger partial charge in [-0.05, 0) is 19.9 Å². The summed E-state index contributed by atoms with van der Waals surface area (Å²) in [5.74, 6) is -1.94. The number of aromatic nitrogens is 3. The Morgan fingerprint density at radius 2 is 1.93 bits per heavy atom. The molecule has 10 heteroatoms. The second kappa shape index (κ2) is 9.23. The number of nitrogens with zero attached hydrogens (tertiary/aromatic N) is 4. The molecule has 30 heavy (non-hydrogen) atoms. The van der Waals surface area contributed by atoms with Gasteiger partial charge in [-0.15, -0.1) is 0 Å². The van der Waals surface area contributed by atoms with Crippen molar-refractivity contribution in [1.29, 1.82) is 0 Å². The number of amides is 1. The van der Waals surface area contributed by atoms with E-state index in [-0.39, 0.29) is 18.0 Å². The summed E-state index contributed by atoms with van der Waals surface area (Å²) in [6.45, 7) is 7.87. The number of hydrogen-bond acceptors (Lipinski definition) is 7. The normalized spacial score (nSPS) is 15.1. The van der Waals surface area contributed by atoms with Crippen molar-refractivity contribution in [1.82, 2.24) is 25.0 Å². The molecule has 1 saturated heterocycles. The fourth-order valence-electron chi connectivity index (χ4n) is 2.95. The van der Waals surface area contributed by atoms with Gasteiger partial charge in [0.1, 0.15) is 5.75 Å². The Labute approximate surface area is 174 Å². The zero-order chi connectivity index (χ0) is 21.7. The molecule has 0 spiro atoms. The van der Waals surface area contributed by atoms with Gasteiger partial charge in [0.25, 0.3) is 5.91 Å². The highest BCUT2D eigenvalue weighted by Crippen LogP contribution is 2.24. The minimum Gasteiger partial charge on any atom is -0.505 e. The maximum absolute atomic E-state index is 12.3. The van der Waals surface area contributed by atoms with Crippen LogP contribution in [0.25, 0.3) is 11.1 Å². The molecule has 1 amide bonds. The molecule has 0 radical (unpaired) electrons. The van der Waals surface area contributed by atoms with Crippen molar-refractivity contribution in [3.8, 4) is 16.9 Å². The Kier molecular flexibility index (Phi) is 6.68. The summed E-state index contributed by atoms with van der Waals surface area (Å²) in [6, 6.07) is 1.45. The number of ether oxygens (including phenoxy) is 1. The van der Waals surface area contributed by atoms with E-state index in [1.807, 2.05) is 10.9 Å². The van der Waals surface area contributed by atoms with Gasteiger partial charge >= 0.3 is 5.97 Å². The predicted molar refractivity (Wildman–Crippen MR) is 108 cm³/mol. The Hall–Kier alpha value is -2.98. The van der Waals surface area contributed by atoms with Crippen LogP contribution in [0.15, 0.2) is 24.7 Å². The summed E-state index contributed by atoms with van der Waals surface area (Å²) in [5, 5.41) is 26.2. The number of carboxylic acid groups (broad SMARTS) is 1. The van der Waals surface area contributed by atoms with Crippen LogP contribution in [0.2, 0.25) is 0 Å². The summed E-state index contributed by atoms with van der Waals surface area (Å²) in [4.78, 5) is 29.8. The molecule has 1 aliphatic rings. The Balaban J connectivity index is 1.61. The molecule has 10 nitrogen and oxygen atoms in total. The molecule has 1 fully saturated rings. The van der Waals surface area contributed by atoms with Crippen molar-refractivity contribution in [2.75, 3.05) is 39.4 Å². The van der Waals surface area contributed by atoms with Gasteiger partial charge in [-0.3, -0.25) is 19.2 Å². The van der Waals surface area contributed by atoms with Gasteiger partial charge in [-0.1, -0.05) is 0 Å². The van der Waals surface area contributed by atoms with Crippen LogP contribution >= 0.6 is 0 Å². The minimum atomic E-state index is -1.12. The van der Waals surface area contributed by atoms with Crippen LogP contribution in [-0.2, 0) is 16.1 Å². The number of aromatic hydroxyl groups is 1. The first-order chi connectivity index (χ1) is 14.3. The van der Waals surface area contributed by atoms with Crippen LogP contribution in [0.3, 0.4) is 0 Å². The van der Waals surface area contributed by atoms with Crippen LogP contribution in [0.4, 0.5) is 0 Å². The molecule has 0 bridgehead atoms. The third-order valence-corrected chi connectivity index (χ3v) is 5.07. The van der Waals surface area contributed by atoms with Crippen molar-refractivity contribution in [2.45, 2.75) is 20.4 Å². The van der Waals surface area contributed by atoms with E-state index in [4.69, 9.17) is 9.84 Å². The second-order valence-corrected chi connectivity index (χ2v) is 7.91. The third kappa shape index (κ3) is 5.33. The van der Waals surface area contributed by atoms with E-state index in [9.17, 15) is 14.7 Å². The van der Waals surface area contributed by atoms with Gasteiger partial charge in [0.15, 0.2) is 5.69 Å². The van der Waals surface area contributed by atoms with Gasteiger partial charge in [0, 0.05) is 49.7 Å². The van der Waals surface area contributed by atoms with E-state index in [0.717, 1.165) is 45.0 Å². The van der Waals surface area contributed by atoms with Crippen LogP contribution in [0, 0.1) is 5.41 Å². The molecule has 0 atom stereocenters. The van der Waals surface area contributed by atoms with Crippen molar-refractivity contribution in [2.24, 2.45) is 5.41 Å². The fraction of sp³-hybridized carbons (Fsp3) is 0.500. The number of carbonyl (C=O) groups excluding carboxylic acids is 1. The lowest BCUT2D eigenvalue weighted by Crippen LogP contribution is -2.39. The van der Waals surface area contributed by atoms with Gasteiger partial charge in [0.05, 0.1) is 31.4 Å². The zero-order valence-corrected chi connectivity index (χ0v) is 17.2. The maximum Gasteiger partial charge on any atom is 0.310 e.